The molecule has 0 amide bonds. The predicted octanol–water partition coefficient (Wildman–Crippen LogP) is 4.21. The Morgan fingerprint density at radius 3 is 2.74 bits per heavy atom. The van der Waals surface area contributed by atoms with Gasteiger partial charge in [-0.3, -0.25) is 4.79 Å². The molecule has 2 aliphatic carbocycles. The van der Waals surface area contributed by atoms with Crippen molar-refractivity contribution < 1.29 is 4.79 Å². The summed E-state index contributed by atoms with van der Waals surface area (Å²) in [5.41, 5.74) is 6.24. The molecule has 4 rings (SSSR count). The highest BCUT2D eigenvalue weighted by molar-refractivity contribution is 5.81. The van der Waals surface area contributed by atoms with Crippen LogP contribution in [0, 0.1) is 11.8 Å². The fourth-order valence-electron chi connectivity index (χ4n) is 4.16. The zero-order valence-electron chi connectivity index (χ0n) is 13.4. The monoisotopic (exact) mass is 303 g/mol. The third-order valence-corrected chi connectivity index (χ3v) is 5.25. The van der Waals surface area contributed by atoms with Crippen LogP contribution in [0.5, 0.6) is 0 Å². The van der Waals surface area contributed by atoms with Crippen molar-refractivity contribution >= 4 is 12.0 Å². The van der Waals surface area contributed by atoms with Gasteiger partial charge in [-0.1, -0.05) is 49.4 Å². The summed E-state index contributed by atoms with van der Waals surface area (Å²) in [4.78, 5) is 14.0. The first-order chi connectivity index (χ1) is 11.3. The van der Waals surface area contributed by atoms with Crippen LogP contribution in [0.1, 0.15) is 18.9 Å². The zero-order valence-corrected chi connectivity index (χ0v) is 13.4. The molecular formula is C21H21NO. The first-order valence-corrected chi connectivity index (χ1v) is 8.43. The third kappa shape index (κ3) is 2.21. The van der Waals surface area contributed by atoms with Gasteiger partial charge in [0, 0.05) is 35.8 Å². The number of anilines is 1. The van der Waals surface area contributed by atoms with Crippen molar-refractivity contribution in [3.8, 4) is 0 Å². The topological polar surface area (TPSA) is 20.3 Å². The van der Waals surface area contributed by atoms with E-state index in [0.717, 1.165) is 31.2 Å². The minimum absolute atomic E-state index is 0.219. The van der Waals surface area contributed by atoms with Crippen LogP contribution in [0.15, 0.2) is 71.5 Å². The minimum atomic E-state index is 0.219. The minimum Gasteiger partial charge on any atom is -0.347 e. The largest absolute Gasteiger partial charge is 0.347 e. The molecule has 116 valence electrons. The van der Waals surface area contributed by atoms with Gasteiger partial charge in [0.25, 0.3) is 0 Å². The second-order valence-corrected chi connectivity index (χ2v) is 6.38. The SMILES string of the molecule is CCC1=C(C=O)C2C=CC=CC2C1=CN1CCc2ccccc21. The lowest BCUT2D eigenvalue weighted by molar-refractivity contribution is -0.105. The van der Waals surface area contributed by atoms with E-state index in [4.69, 9.17) is 0 Å². The Balaban J connectivity index is 1.78. The number of allylic oxidation sites excluding steroid dienone is 7. The number of aldehydes is 1. The smallest absolute Gasteiger partial charge is 0.146 e. The lowest BCUT2D eigenvalue weighted by Gasteiger charge is -2.22. The summed E-state index contributed by atoms with van der Waals surface area (Å²) in [6.45, 7) is 3.17. The van der Waals surface area contributed by atoms with Crippen LogP contribution < -0.4 is 4.90 Å². The Kier molecular flexibility index (Phi) is 3.53. The van der Waals surface area contributed by atoms with Gasteiger partial charge in [-0.05, 0) is 35.6 Å². The number of benzene rings is 1. The molecule has 0 spiro atoms. The maximum absolute atomic E-state index is 11.7. The first-order valence-electron chi connectivity index (χ1n) is 8.43. The summed E-state index contributed by atoms with van der Waals surface area (Å²) in [5, 5.41) is 0. The van der Waals surface area contributed by atoms with Crippen LogP contribution in [-0.4, -0.2) is 12.8 Å². The van der Waals surface area contributed by atoms with Crippen molar-refractivity contribution in [1.29, 1.82) is 0 Å². The Morgan fingerprint density at radius 1 is 1.17 bits per heavy atom. The summed E-state index contributed by atoms with van der Waals surface area (Å²) >= 11 is 0. The normalized spacial score (nSPS) is 26.8. The van der Waals surface area contributed by atoms with E-state index in [2.05, 4.69) is 66.6 Å². The number of hydrogen-bond acceptors (Lipinski definition) is 2. The van der Waals surface area contributed by atoms with Crippen molar-refractivity contribution in [2.45, 2.75) is 19.8 Å². The molecule has 1 aromatic rings. The summed E-state index contributed by atoms with van der Waals surface area (Å²) < 4.78 is 0. The van der Waals surface area contributed by atoms with Crippen molar-refractivity contribution in [3.63, 3.8) is 0 Å². The van der Waals surface area contributed by atoms with E-state index >= 15 is 0 Å². The molecule has 2 atom stereocenters. The number of carbonyl (C=O) groups excluding carboxylic acids is 1. The molecule has 0 radical (unpaired) electrons. The predicted molar refractivity (Wildman–Crippen MR) is 94.2 cm³/mol. The molecule has 2 unspecified atom stereocenters. The lowest BCUT2D eigenvalue weighted by Crippen LogP contribution is -2.16. The molecule has 0 bridgehead atoms. The summed E-state index contributed by atoms with van der Waals surface area (Å²) in [6, 6.07) is 8.61. The van der Waals surface area contributed by atoms with E-state index in [1.807, 2.05) is 0 Å². The van der Waals surface area contributed by atoms with E-state index in [1.54, 1.807) is 0 Å². The van der Waals surface area contributed by atoms with E-state index in [9.17, 15) is 4.79 Å². The average molecular weight is 303 g/mol. The quantitative estimate of drug-likeness (QED) is 0.780. The molecule has 1 aromatic carbocycles. The van der Waals surface area contributed by atoms with Gasteiger partial charge in [0.15, 0.2) is 0 Å². The van der Waals surface area contributed by atoms with Gasteiger partial charge in [0.2, 0.25) is 0 Å². The lowest BCUT2D eigenvalue weighted by atomic mass is 9.86. The summed E-state index contributed by atoms with van der Waals surface area (Å²) in [7, 11) is 0. The number of rotatable bonds is 3. The van der Waals surface area contributed by atoms with Crippen LogP contribution in [0.25, 0.3) is 0 Å². The van der Waals surface area contributed by atoms with E-state index in [1.165, 1.54) is 22.4 Å². The summed E-state index contributed by atoms with van der Waals surface area (Å²) in [6.07, 6.45) is 13.9. The second kappa shape index (κ2) is 5.69. The fraction of sp³-hybridized carbons (Fsp3) is 0.286. The van der Waals surface area contributed by atoms with Gasteiger partial charge in [-0.15, -0.1) is 0 Å². The van der Waals surface area contributed by atoms with Crippen LogP contribution in [0.4, 0.5) is 5.69 Å². The zero-order chi connectivity index (χ0) is 15.8. The van der Waals surface area contributed by atoms with Crippen LogP contribution in [-0.2, 0) is 11.2 Å². The molecule has 1 aliphatic heterocycles. The number of nitrogens with zero attached hydrogens (tertiary/aromatic N) is 1. The fourth-order valence-corrected chi connectivity index (χ4v) is 4.16. The average Bonchev–Trinajstić information content (AvgIpc) is 3.14. The Hall–Kier alpha value is -2.35. The van der Waals surface area contributed by atoms with Crippen molar-refractivity contribution in [2.24, 2.45) is 11.8 Å². The highest BCUT2D eigenvalue weighted by atomic mass is 16.1. The molecule has 3 aliphatic rings. The second-order valence-electron chi connectivity index (χ2n) is 6.38. The molecule has 2 nitrogen and oxygen atoms in total. The van der Waals surface area contributed by atoms with Crippen LogP contribution in [0.2, 0.25) is 0 Å². The van der Waals surface area contributed by atoms with E-state index in [0.29, 0.717) is 5.92 Å². The number of para-hydroxylation sites is 1. The van der Waals surface area contributed by atoms with Gasteiger partial charge in [-0.25, -0.2) is 0 Å². The van der Waals surface area contributed by atoms with E-state index in [-0.39, 0.29) is 5.92 Å². The van der Waals surface area contributed by atoms with Gasteiger partial charge >= 0.3 is 0 Å². The number of carbonyl (C=O) groups is 1. The molecule has 23 heavy (non-hydrogen) atoms. The number of fused-ring (bicyclic) bond motifs is 2. The van der Waals surface area contributed by atoms with Crippen molar-refractivity contribution in [2.75, 3.05) is 11.4 Å². The van der Waals surface area contributed by atoms with Gasteiger partial charge in [0.05, 0.1) is 0 Å². The molecule has 0 saturated heterocycles. The summed E-state index contributed by atoms with van der Waals surface area (Å²) in [5.74, 6) is 0.527. The molecule has 0 N–H and O–H groups in total. The van der Waals surface area contributed by atoms with Gasteiger partial charge < -0.3 is 4.90 Å². The molecule has 0 saturated carbocycles. The molecular weight excluding hydrogens is 282 g/mol. The van der Waals surface area contributed by atoms with Crippen LogP contribution in [0.3, 0.4) is 0 Å². The van der Waals surface area contributed by atoms with E-state index < -0.39 is 0 Å². The van der Waals surface area contributed by atoms with Crippen molar-refractivity contribution in [1.82, 2.24) is 0 Å². The molecule has 0 fully saturated rings. The maximum Gasteiger partial charge on any atom is 0.146 e. The molecule has 1 heterocycles. The van der Waals surface area contributed by atoms with Crippen LogP contribution >= 0.6 is 0 Å². The van der Waals surface area contributed by atoms with Crippen molar-refractivity contribution in [3.05, 3.63) is 77.1 Å². The van der Waals surface area contributed by atoms with Gasteiger partial charge in [-0.2, -0.15) is 0 Å². The standard InChI is InChI=1S/C21H21NO/c1-2-16-19(17-8-4-5-9-18(17)20(16)14-23)13-22-12-11-15-7-3-6-10-21(15)22/h3-10,13-14,17-18H,2,11-12H2,1H3. The highest BCUT2D eigenvalue weighted by Gasteiger charge is 2.36. The molecule has 0 aromatic heterocycles. The Morgan fingerprint density at radius 2 is 1.96 bits per heavy atom. The molecule has 2 heteroatoms. The highest BCUT2D eigenvalue weighted by Crippen LogP contribution is 2.45. The Bertz CT molecular complexity index is 766. The maximum atomic E-state index is 11.7. The van der Waals surface area contributed by atoms with Gasteiger partial charge in [0.1, 0.15) is 6.29 Å². The first kappa shape index (κ1) is 14.3. The Labute approximate surface area is 137 Å². The third-order valence-electron chi connectivity index (χ3n) is 5.25. The number of hydrogen-bond donors (Lipinski definition) is 0.